The average Bonchev–Trinajstić information content (AvgIpc) is 2.51. The SMILES string of the molecule is CC(=Nc1ccccc1)/C(C)=C/c1ccccc1C.CCC.[HH].[K+].[OH-]. The number of hydrogen-bond donors (Lipinski definition) is 0. The van der Waals surface area contributed by atoms with E-state index in [2.05, 4.69) is 70.0 Å². The molecule has 0 spiro atoms. The van der Waals surface area contributed by atoms with Crippen molar-refractivity contribution in [3.8, 4) is 0 Å². The number of aryl methyl sites for hydroxylation is 1. The minimum Gasteiger partial charge on any atom is -0.870 e. The van der Waals surface area contributed by atoms with Crippen molar-refractivity contribution in [3.63, 3.8) is 0 Å². The Labute approximate surface area is 191 Å². The van der Waals surface area contributed by atoms with Crippen molar-refractivity contribution < 1.29 is 58.3 Å². The number of benzene rings is 2. The van der Waals surface area contributed by atoms with Gasteiger partial charge in [0.2, 0.25) is 0 Å². The van der Waals surface area contributed by atoms with Crippen LogP contribution in [0.15, 0.2) is 65.2 Å². The van der Waals surface area contributed by atoms with Gasteiger partial charge in [0.1, 0.15) is 0 Å². The molecule has 0 unspecified atom stereocenters. The van der Waals surface area contributed by atoms with Gasteiger partial charge in [-0.25, -0.2) is 0 Å². The maximum absolute atomic E-state index is 4.63. The number of nitrogens with zero attached hydrogens (tertiary/aromatic N) is 1. The molecule has 1 N–H and O–H groups in total. The van der Waals surface area contributed by atoms with Gasteiger partial charge in [-0.05, 0) is 55.7 Å². The molecule has 2 nitrogen and oxygen atoms in total. The number of allylic oxidation sites excluding steroid dienone is 1. The topological polar surface area (TPSA) is 42.4 Å². The summed E-state index contributed by atoms with van der Waals surface area (Å²) in [6.45, 7) is 10.5. The quantitative estimate of drug-likeness (QED) is 0.614. The largest absolute Gasteiger partial charge is 1.00 e. The number of hydrogen-bond acceptors (Lipinski definition) is 2. The van der Waals surface area contributed by atoms with Gasteiger partial charge in [0.25, 0.3) is 0 Å². The second kappa shape index (κ2) is 14.8. The molecule has 0 aromatic heterocycles. The first-order valence-electron chi connectivity index (χ1n) is 7.93. The van der Waals surface area contributed by atoms with E-state index in [4.69, 9.17) is 0 Å². The zero-order valence-electron chi connectivity index (χ0n) is 15.9. The van der Waals surface area contributed by atoms with E-state index in [0.717, 1.165) is 11.4 Å². The molecule has 0 heterocycles. The molecule has 0 aliphatic rings. The zero-order valence-corrected chi connectivity index (χ0v) is 19.0. The van der Waals surface area contributed by atoms with Crippen LogP contribution in [0.3, 0.4) is 0 Å². The van der Waals surface area contributed by atoms with E-state index < -0.39 is 0 Å². The molecule has 0 fully saturated rings. The van der Waals surface area contributed by atoms with Crippen molar-refractivity contribution in [2.24, 2.45) is 4.99 Å². The van der Waals surface area contributed by atoms with Gasteiger partial charge in [0, 0.05) is 7.14 Å². The number of aliphatic imine (C=N–C) groups is 1. The summed E-state index contributed by atoms with van der Waals surface area (Å²) < 4.78 is 0. The van der Waals surface area contributed by atoms with E-state index >= 15 is 0 Å². The van der Waals surface area contributed by atoms with Crippen LogP contribution in [0.25, 0.3) is 6.08 Å². The number of para-hydroxylation sites is 1. The Morgan fingerprint density at radius 3 is 2.00 bits per heavy atom. The van der Waals surface area contributed by atoms with Crippen LogP contribution in [0.1, 0.15) is 46.7 Å². The third-order valence-electron chi connectivity index (χ3n) is 3.18. The average molecular weight is 352 g/mol. The van der Waals surface area contributed by atoms with Crippen LogP contribution in [-0.2, 0) is 0 Å². The Balaban J connectivity index is -0.000000753. The summed E-state index contributed by atoms with van der Waals surface area (Å²) >= 11 is 0. The standard InChI is InChI=1S/C18H19N.C3H8.K.H2O.H2/c1-14-9-7-8-10-17(14)13-15(2)16(3)19-18-11-5-4-6-12-18;1-3-2;;;/h4-13H,1-3H3;3H2,1-2H3;;1H2;1H/q;;+1;;/p-1/b15-13+,19-16?;;;;. The summed E-state index contributed by atoms with van der Waals surface area (Å²) in [6, 6.07) is 18.4. The molecule has 0 radical (unpaired) electrons. The predicted molar refractivity (Wildman–Crippen MR) is 104 cm³/mol. The maximum atomic E-state index is 4.63. The van der Waals surface area contributed by atoms with Gasteiger partial charge in [0.05, 0.1) is 5.69 Å². The van der Waals surface area contributed by atoms with Gasteiger partial charge in [0.15, 0.2) is 0 Å². The van der Waals surface area contributed by atoms with E-state index in [1.807, 2.05) is 30.3 Å². The smallest absolute Gasteiger partial charge is 0.870 e. The minimum atomic E-state index is 0. The van der Waals surface area contributed by atoms with Gasteiger partial charge >= 0.3 is 51.4 Å². The molecule has 0 amide bonds. The van der Waals surface area contributed by atoms with E-state index in [0.29, 0.717) is 0 Å². The summed E-state index contributed by atoms with van der Waals surface area (Å²) in [4.78, 5) is 4.63. The Morgan fingerprint density at radius 1 is 0.958 bits per heavy atom. The fourth-order valence-corrected chi connectivity index (χ4v) is 1.87. The molecule has 0 aliphatic heterocycles. The molecular weight excluding hydrogens is 321 g/mol. The molecule has 126 valence electrons. The van der Waals surface area contributed by atoms with E-state index in [1.165, 1.54) is 23.1 Å². The first-order valence-corrected chi connectivity index (χ1v) is 7.93. The summed E-state index contributed by atoms with van der Waals surface area (Å²) in [5.74, 6) is 0. The minimum absolute atomic E-state index is 0. The Kier molecular flexibility index (Phi) is 15.8. The summed E-state index contributed by atoms with van der Waals surface area (Å²) in [5, 5.41) is 0. The maximum Gasteiger partial charge on any atom is 1.00 e. The van der Waals surface area contributed by atoms with Crippen LogP contribution in [-0.4, -0.2) is 11.2 Å². The second-order valence-corrected chi connectivity index (χ2v) is 5.42. The third kappa shape index (κ3) is 9.67. The molecule has 0 saturated carbocycles. The number of rotatable bonds is 3. The van der Waals surface area contributed by atoms with Crippen molar-refractivity contribution in [2.75, 3.05) is 0 Å². The summed E-state index contributed by atoms with van der Waals surface area (Å²) in [5.41, 5.74) is 5.78. The van der Waals surface area contributed by atoms with Gasteiger partial charge in [-0.3, -0.25) is 4.99 Å². The predicted octanol–water partition coefficient (Wildman–Crippen LogP) is 3.68. The van der Waals surface area contributed by atoms with Gasteiger partial charge in [-0.1, -0.05) is 62.7 Å². The third-order valence-corrected chi connectivity index (χ3v) is 3.18. The van der Waals surface area contributed by atoms with Crippen molar-refractivity contribution in [1.29, 1.82) is 0 Å². The Hall–Kier alpha value is -0.554. The normalized spacial score (nSPS) is 10.7. The van der Waals surface area contributed by atoms with Crippen LogP contribution in [0.4, 0.5) is 5.69 Å². The molecule has 2 aromatic carbocycles. The van der Waals surface area contributed by atoms with Crippen molar-refractivity contribution in [2.45, 2.75) is 41.0 Å². The monoisotopic (exact) mass is 351 g/mol. The molecule has 0 bridgehead atoms. The van der Waals surface area contributed by atoms with Crippen LogP contribution >= 0.6 is 0 Å². The molecule has 0 saturated heterocycles. The first kappa shape index (κ1) is 25.7. The van der Waals surface area contributed by atoms with Gasteiger partial charge in [-0.15, -0.1) is 0 Å². The fraction of sp³-hybridized carbons (Fsp3) is 0.286. The van der Waals surface area contributed by atoms with Gasteiger partial charge < -0.3 is 5.48 Å². The first-order chi connectivity index (χ1) is 10.6. The fourth-order valence-electron chi connectivity index (χ4n) is 1.87. The van der Waals surface area contributed by atoms with Crippen molar-refractivity contribution in [1.82, 2.24) is 0 Å². The summed E-state index contributed by atoms with van der Waals surface area (Å²) in [7, 11) is 0. The Bertz CT molecular complexity index is 639. The van der Waals surface area contributed by atoms with Crippen LogP contribution in [0.2, 0.25) is 0 Å². The molecule has 0 aliphatic carbocycles. The molecular formula is C21H30KNO. The molecule has 3 heteroatoms. The van der Waals surface area contributed by atoms with E-state index in [-0.39, 0.29) is 58.3 Å². The van der Waals surface area contributed by atoms with Crippen LogP contribution in [0, 0.1) is 6.92 Å². The van der Waals surface area contributed by atoms with Crippen LogP contribution < -0.4 is 51.4 Å². The second-order valence-electron chi connectivity index (χ2n) is 5.42. The molecule has 2 rings (SSSR count). The van der Waals surface area contributed by atoms with Gasteiger partial charge in [-0.2, -0.15) is 0 Å². The molecule has 2 aromatic rings. The van der Waals surface area contributed by atoms with E-state index in [1.54, 1.807) is 0 Å². The van der Waals surface area contributed by atoms with Crippen molar-refractivity contribution >= 4 is 17.5 Å². The Morgan fingerprint density at radius 2 is 1.46 bits per heavy atom. The zero-order chi connectivity index (χ0) is 16.4. The van der Waals surface area contributed by atoms with Crippen LogP contribution in [0.5, 0.6) is 0 Å². The molecule has 24 heavy (non-hydrogen) atoms. The van der Waals surface area contributed by atoms with E-state index in [9.17, 15) is 0 Å². The molecule has 0 atom stereocenters. The summed E-state index contributed by atoms with van der Waals surface area (Å²) in [6.07, 6.45) is 3.44. The van der Waals surface area contributed by atoms with Crippen molar-refractivity contribution in [3.05, 3.63) is 71.3 Å².